The average molecular weight is 350 g/mol. The van der Waals surface area contributed by atoms with E-state index in [0.717, 1.165) is 0 Å². The van der Waals surface area contributed by atoms with Crippen molar-refractivity contribution in [1.29, 1.82) is 0 Å². The number of rotatable bonds is 9. The maximum Gasteiger partial charge on any atom is 0.326 e. The summed E-state index contributed by atoms with van der Waals surface area (Å²) in [5.41, 5.74) is 0.311. The quantitative estimate of drug-likeness (QED) is 0.476. The summed E-state index contributed by atoms with van der Waals surface area (Å²) in [6.45, 7) is 2.85. The minimum absolute atomic E-state index is 0.240. The van der Waals surface area contributed by atoms with E-state index in [1.165, 1.54) is 12.4 Å². The van der Waals surface area contributed by atoms with E-state index in [-0.39, 0.29) is 19.0 Å². The molecule has 1 heterocycles. The van der Waals surface area contributed by atoms with Crippen molar-refractivity contribution in [3.63, 3.8) is 0 Å². The second-order valence-corrected chi connectivity index (χ2v) is 5.47. The zero-order valence-corrected chi connectivity index (χ0v) is 14.1. The Balaban J connectivity index is 2.36. The summed E-state index contributed by atoms with van der Waals surface area (Å²) in [6, 6.07) is 2.13. The van der Waals surface area contributed by atoms with Crippen LogP contribution in [0, 0.1) is 5.92 Å². The SMILES string of the molecule is CC[C@H](C)[C@H](NC(=O)CNC(=O)CNC(=O)c1cccnc1)C(=O)O. The molecule has 0 fully saturated rings. The van der Waals surface area contributed by atoms with E-state index in [1.807, 2.05) is 6.92 Å². The van der Waals surface area contributed by atoms with Crippen LogP contribution in [0.5, 0.6) is 0 Å². The Bertz CT molecular complexity index is 620. The van der Waals surface area contributed by atoms with Gasteiger partial charge in [0, 0.05) is 12.4 Å². The fraction of sp³-hybridized carbons (Fsp3) is 0.438. The van der Waals surface area contributed by atoms with Crippen molar-refractivity contribution in [1.82, 2.24) is 20.9 Å². The zero-order valence-electron chi connectivity index (χ0n) is 14.1. The molecule has 0 saturated heterocycles. The molecular formula is C16H22N4O5. The van der Waals surface area contributed by atoms with Crippen LogP contribution in [0.2, 0.25) is 0 Å². The van der Waals surface area contributed by atoms with Crippen LogP contribution in [0.3, 0.4) is 0 Å². The largest absolute Gasteiger partial charge is 0.480 e. The number of carbonyl (C=O) groups excluding carboxylic acids is 3. The van der Waals surface area contributed by atoms with Crippen molar-refractivity contribution in [2.24, 2.45) is 5.92 Å². The van der Waals surface area contributed by atoms with Crippen LogP contribution in [0.25, 0.3) is 0 Å². The summed E-state index contributed by atoms with van der Waals surface area (Å²) in [5.74, 6) is -3.01. The Morgan fingerprint density at radius 2 is 1.84 bits per heavy atom. The number of carboxylic acids is 1. The summed E-state index contributed by atoms with van der Waals surface area (Å²) in [4.78, 5) is 50.1. The Labute approximate surface area is 145 Å². The van der Waals surface area contributed by atoms with E-state index >= 15 is 0 Å². The van der Waals surface area contributed by atoms with Crippen molar-refractivity contribution in [3.05, 3.63) is 30.1 Å². The van der Waals surface area contributed by atoms with Gasteiger partial charge in [-0.05, 0) is 18.1 Å². The Kier molecular flexibility index (Phi) is 8.04. The number of pyridine rings is 1. The smallest absolute Gasteiger partial charge is 0.326 e. The van der Waals surface area contributed by atoms with E-state index in [2.05, 4.69) is 20.9 Å². The fourth-order valence-corrected chi connectivity index (χ4v) is 1.91. The molecule has 9 heteroatoms. The van der Waals surface area contributed by atoms with Crippen molar-refractivity contribution >= 4 is 23.7 Å². The van der Waals surface area contributed by atoms with Gasteiger partial charge >= 0.3 is 5.97 Å². The standard InChI is InChI=1S/C16H22N4O5/c1-3-10(2)14(16(24)25)20-13(22)9-18-12(21)8-19-15(23)11-5-4-6-17-7-11/h4-7,10,14H,3,8-9H2,1-2H3,(H,18,21)(H,19,23)(H,20,22)(H,24,25)/t10-,14-/m0/s1. The van der Waals surface area contributed by atoms with Crippen LogP contribution < -0.4 is 16.0 Å². The molecule has 1 aromatic heterocycles. The number of hydrogen-bond donors (Lipinski definition) is 4. The van der Waals surface area contributed by atoms with Crippen LogP contribution >= 0.6 is 0 Å². The Morgan fingerprint density at radius 3 is 2.40 bits per heavy atom. The summed E-state index contributed by atoms with van der Waals surface area (Å²) in [7, 11) is 0. The lowest BCUT2D eigenvalue weighted by Crippen LogP contribution is -2.49. The van der Waals surface area contributed by atoms with Gasteiger partial charge in [0.25, 0.3) is 5.91 Å². The average Bonchev–Trinajstić information content (AvgIpc) is 2.62. The molecule has 0 saturated carbocycles. The molecule has 0 spiro atoms. The van der Waals surface area contributed by atoms with Crippen molar-refractivity contribution in [2.45, 2.75) is 26.3 Å². The molecule has 2 atom stereocenters. The van der Waals surface area contributed by atoms with E-state index < -0.39 is 29.7 Å². The second-order valence-electron chi connectivity index (χ2n) is 5.47. The number of carboxylic acid groups (broad SMARTS) is 1. The third-order valence-corrected chi connectivity index (χ3v) is 3.57. The third-order valence-electron chi connectivity index (χ3n) is 3.57. The van der Waals surface area contributed by atoms with Gasteiger partial charge in [0.2, 0.25) is 11.8 Å². The van der Waals surface area contributed by atoms with Gasteiger partial charge in [-0.1, -0.05) is 20.3 Å². The number of hydrogen-bond acceptors (Lipinski definition) is 5. The van der Waals surface area contributed by atoms with E-state index in [9.17, 15) is 19.2 Å². The van der Waals surface area contributed by atoms with E-state index in [0.29, 0.717) is 12.0 Å². The lowest BCUT2D eigenvalue weighted by molar-refractivity contribution is -0.143. The van der Waals surface area contributed by atoms with Gasteiger partial charge < -0.3 is 21.1 Å². The molecule has 25 heavy (non-hydrogen) atoms. The first-order chi connectivity index (χ1) is 11.8. The number of carbonyl (C=O) groups is 4. The van der Waals surface area contributed by atoms with Crippen LogP contribution in [-0.4, -0.2) is 52.9 Å². The molecule has 9 nitrogen and oxygen atoms in total. The molecule has 0 bridgehead atoms. The van der Waals surface area contributed by atoms with Crippen molar-refractivity contribution in [2.75, 3.05) is 13.1 Å². The highest BCUT2D eigenvalue weighted by Gasteiger charge is 2.25. The van der Waals surface area contributed by atoms with Gasteiger partial charge in [-0.2, -0.15) is 0 Å². The summed E-state index contributed by atoms with van der Waals surface area (Å²) in [5, 5.41) is 16.2. The lowest BCUT2D eigenvalue weighted by Gasteiger charge is -2.20. The third kappa shape index (κ3) is 6.98. The first-order valence-electron chi connectivity index (χ1n) is 7.82. The van der Waals surface area contributed by atoms with Crippen LogP contribution in [0.15, 0.2) is 24.5 Å². The monoisotopic (exact) mass is 350 g/mol. The molecule has 0 aliphatic rings. The molecule has 0 aliphatic carbocycles. The minimum Gasteiger partial charge on any atom is -0.480 e. The second kappa shape index (κ2) is 10.0. The zero-order chi connectivity index (χ0) is 18.8. The summed E-state index contributed by atoms with van der Waals surface area (Å²) >= 11 is 0. The molecule has 1 rings (SSSR count). The molecule has 4 N–H and O–H groups in total. The summed E-state index contributed by atoms with van der Waals surface area (Å²) in [6.07, 6.45) is 3.47. The Morgan fingerprint density at radius 1 is 1.16 bits per heavy atom. The minimum atomic E-state index is -1.13. The number of aliphatic carboxylic acids is 1. The lowest BCUT2D eigenvalue weighted by atomic mass is 9.99. The van der Waals surface area contributed by atoms with Gasteiger partial charge in [0.05, 0.1) is 18.7 Å². The van der Waals surface area contributed by atoms with Crippen LogP contribution in [0.4, 0.5) is 0 Å². The molecular weight excluding hydrogens is 328 g/mol. The van der Waals surface area contributed by atoms with Crippen molar-refractivity contribution < 1.29 is 24.3 Å². The first kappa shape index (κ1) is 20.1. The van der Waals surface area contributed by atoms with E-state index in [1.54, 1.807) is 19.1 Å². The van der Waals surface area contributed by atoms with Crippen LogP contribution in [0.1, 0.15) is 30.6 Å². The highest BCUT2D eigenvalue weighted by atomic mass is 16.4. The van der Waals surface area contributed by atoms with Gasteiger partial charge in [-0.3, -0.25) is 19.4 Å². The molecule has 3 amide bonds. The highest BCUT2D eigenvalue weighted by molar-refractivity contribution is 5.96. The van der Waals surface area contributed by atoms with Crippen molar-refractivity contribution in [3.8, 4) is 0 Å². The molecule has 0 aromatic carbocycles. The van der Waals surface area contributed by atoms with Gasteiger partial charge in [-0.15, -0.1) is 0 Å². The number of nitrogens with one attached hydrogen (secondary N) is 3. The van der Waals surface area contributed by atoms with Gasteiger partial charge in [0.15, 0.2) is 0 Å². The molecule has 1 aromatic rings. The molecule has 0 unspecified atom stereocenters. The topological polar surface area (TPSA) is 137 Å². The van der Waals surface area contributed by atoms with Crippen LogP contribution in [-0.2, 0) is 14.4 Å². The molecule has 0 aliphatic heterocycles. The predicted molar refractivity (Wildman–Crippen MR) is 88.6 cm³/mol. The maximum atomic E-state index is 11.8. The predicted octanol–water partition coefficient (Wildman–Crippen LogP) is -0.457. The van der Waals surface area contributed by atoms with Gasteiger partial charge in [-0.25, -0.2) is 4.79 Å². The fourth-order valence-electron chi connectivity index (χ4n) is 1.91. The highest BCUT2D eigenvalue weighted by Crippen LogP contribution is 2.07. The number of nitrogens with zero attached hydrogens (tertiary/aromatic N) is 1. The maximum absolute atomic E-state index is 11.8. The number of amides is 3. The first-order valence-corrected chi connectivity index (χ1v) is 7.82. The number of aromatic nitrogens is 1. The Hall–Kier alpha value is -2.97. The molecule has 136 valence electrons. The molecule has 0 radical (unpaired) electrons. The summed E-state index contributed by atoms with van der Waals surface area (Å²) < 4.78 is 0. The van der Waals surface area contributed by atoms with E-state index in [4.69, 9.17) is 5.11 Å². The van der Waals surface area contributed by atoms with Gasteiger partial charge in [0.1, 0.15) is 6.04 Å². The normalized spacial score (nSPS) is 12.6.